The van der Waals surface area contributed by atoms with Gasteiger partial charge in [0.15, 0.2) is 0 Å². The second-order valence-corrected chi connectivity index (χ2v) is 11.8. The summed E-state index contributed by atoms with van der Waals surface area (Å²) in [5.74, 6) is 0. The van der Waals surface area contributed by atoms with Gasteiger partial charge in [0.05, 0.1) is 18.8 Å². The van der Waals surface area contributed by atoms with Crippen LogP contribution in [0.1, 0.15) is 11.1 Å². The quantitative estimate of drug-likeness (QED) is 0.225. The second-order valence-electron chi connectivity index (χ2n) is 7.57. The number of benzene rings is 3. The van der Waals surface area contributed by atoms with E-state index in [1.54, 1.807) is 0 Å². The van der Waals surface area contributed by atoms with Crippen molar-refractivity contribution in [3.05, 3.63) is 59.7 Å². The first kappa shape index (κ1) is 15.9. The summed E-state index contributed by atoms with van der Waals surface area (Å²) in [5, 5.41) is 5.71. The van der Waals surface area contributed by atoms with Gasteiger partial charge in [0.2, 0.25) is 0 Å². The van der Waals surface area contributed by atoms with Gasteiger partial charge < -0.3 is 0 Å². The molecule has 0 amide bonds. The minimum absolute atomic E-state index is 1.34. The average Bonchev–Trinajstić information content (AvgIpc) is 3.39. The Hall–Kier alpha value is -1.98. The Bertz CT molecular complexity index is 1600. The molecule has 3 aromatic carbocycles. The Kier molecular flexibility index (Phi) is 3.03. The van der Waals surface area contributed by atoms with Crippen LogP contribution < -0.4 is 0 Å². The summed E-state index contributed by atoms with van der Waals surface area (Å²) in [5.41, 5.74) is 2.68. The van der Waals surface area contributed by atoms with Crippen molar-refractivity contribution in [2.24, 2.45) is 0 Å². The molecule has 0 saturated heterocycles. The fourth-order valence-electron chi connectivity index (χ4n) is 4.24. The predicted octanol–water partition coefficient (Wildman–Crippen LogP) is 9.47. The van der Waals surface area contributed by atoms with E-state index in [0.717, 1.165) is 0 Å². The summed E-state index contributed by atoms with van der Waals surface area (Å²) in [6.45, 7) is 4.37. The summed E-state index contributed by atoms with van der Waals surface area (Å²) in [4.78, 5) is 0. The molecule has 0 radical (unpaired) electrons. The molecule has 0 fully saturated rings. The van der Waals surface area contributed by atoms with E-state index < -0.39 is 0 Å². The van der Waals surface area contributed by atoms with Crippen LogP contribution in [-0.2, 0) is 0 Å². The maximum absolute atomic E-state index is 2.45. The van der Waals surface area contributed by atoms with Crippen LogP contribution in [0.25, 0.3) is 59.1 Å². The number of aryl methyl sites for hydroxylation is 2. The van der Waals surface area contributed by atoms with Crippen LogP contribution in [0.15, 0.2) is 48.5 Å². The Morgan fingerprint density at radius 1 is 0.429 bits per heavy atom. The van der Waals surface area contributed by atoms with Crippen LogP contribution in [0.2, 0.25) is 0 Å². The normalized spacial score (nSPS) is 12.6. The lowest BCUT2D eigenvalue weighted by Gasteiger charge is -1.94. The van der Waals surface area contributed by atoms with E-state index in [4.69, 9.17) is 0 Å². The zero-order valence-corrected chi connectivity index (χ0v) is 18.5. The van der Waals surface area contributed by atoms with Gasteiger partial charge in [0.1, 0.15) is 0 Å². The summed E-state index contributed by atoms with van der Waals surface area (Å²) in [6, 6.07) is 18.6. The maximum atomic E-state index is 2.45. The van der Waals surface area contributed by atoms with Crippen LogP contribution in [0.3, 0.4) is 0 Å². The molecule has 4 heterocycles. The fraction of sp³-hybridized carbons (Fsp3) is 0.0833. The molecular formula is C24H14S4. The molecule has 0 unspecified atom stereocenters. The number of fused-ring (bicyclic) bond motifs is 10. The maximum Gasteiger partial charge on any atom is 0.0542 e. The molecule has 28 heavy (non-hydrogen) atoms. The van der Waals surface area contributed by atoms with Crippen LogP contribution in [-0.4, -0.2) is 0 Å². The lowest BCUT2D eigenvalue weighted by molar-refractivity contribution is 1.52. The van der Waals surface area contributed by atoms with Gasteiger partial charge in [-0.1, -0.05) is 23.3 Å². The van der Waals surface area contributed by atoms with E-state index in [1.165, 1.54) is 70.3 Å². The molecular weight excluding hydrogens is 417 g/mol. The van der Waals surface area contributed by atoms with Gasteiger partial charge >= 0.3 is 0 Å². The molecule has 7 aromatic rings. The number of rotatable bonds is 0. The van der Waals surface area contributed by atoms with Crippen molar-refractivity contribution >= 4 is 104 Å². The molecule has 134 valence electrons. The molecule has 0 saturated carbocycles. The van der Waals surface area contributed by atoms with Crippen LogP contribution in [0.4, 0.5) is 0 Å². The molecule has 0 aliphatic carbocycles. The highest BCUT2D eigenvalue weighted by molar-refractivity contribution is 7.38. The highest BCUT2D eigenvalue weighted by atomic mass is 32.1. The third kappa shape index (κ3) is 1.99. The third-order valence-corrected chi connectivity index (χ3v) is 10.6. The Balaban J connectivity index is 1.63. The van der Waals surface area contributed by atoms with Crippen molar-refractivity contribution in [2.75, 3.05) is 0 Å². The second kappa shape index (κ2) is 5.33. The molecule has 4 heteroatoms. The number of hydrogen-bond acceptors (Lipinski definition) is 4. The highest BCUT2D eigenvalue weighted by Crippen LogP contribution is 2.49. The van der Waals surface area contributed by atoms with Crippen LogP contribution in [0, 0.1) is 13.8 Å². The van der Waals surface area contributed by atoms with E-state index >= 15 is 0 Å². The smallest absolute Gasteiger partial charge is 0.0542 e. The fourth-order valence-corrected chi connectivity index (χ4v) is 9.51. The van der Waals surface area contributed by atoms with Gasteiger partial charge in [0, 0.05) is 40.3 Å². The van der Waals surface area contributed by atoms with Crippen molar-refractivity contribution in [3.8, 4) is 0 Å². The zero-order valence-electron chi connectivity index (χ0n) is 15.3. The van der Waals surface area contributed by atoms with Gasteiger partial charge in [-0.25, -0.2) is 0 Å². The standard InChI is InChI=1S/C24H14S4/c1-11-3-5-17-13(7-11)21-23(25-17)15-9-20-16(10-19(15)27-21)24-22(28-20)14-8-12(2)4-6-18(14)26-24/h3-10H,1-2H3. The lowest BCUT2D eigenvalue weighted by Crippen LogP contribution is -1.68. The summed E-state index contributed by atoms with van der Waals surface area (Å²) < 4.78 is 11.5. The molecule has 0 nitrogen and oxygen atoms in total. The average molecular weight is 431 g/mol. The van der Waals surface area contributed by atoms with Crippen molar-refractivity contribution in [1.82, 2.24) is 0 Å². The molecule has 0 bridgehead atoms. The molecule has 0 spiro atoms. The molecule has 7 rings (SSSR count). The van der Waals surface area contributed by atoms with Crippen LogP contribution >= 0.6 is 45.3 Å². The SMILES string of the molecule is Cc1ccc2sc3c4cc5sc6c7cc(C)ccc7sc6c5cc4sc3c2c1. The number of thiophene rings is 4. The third-order valence-electron chi connectivity index (χ3n) is 5.59. The van der Waals surface area contributed by atoms with Gasteiger partial charge in [-0.3, -0.25) is 0 Å². The zero-order chi connectivity index (χ0) is 18.6. The Morgan fingerprint density at radius 3 is 1.21 bits per heavy atom. The Labute approximate surface area is 177 Å². The van der Waals surface area contributed by atoms with Crippen molar-refractivity contribution in [1.29, 1.82) is 0 Å². The lowest BCUT2D eigenvalue weighted by atomic mass is 10.1. The molecule has 0 aliphatic heterocycles. The monoisotopic (exact) mass is 430 g/mol. The van der Waals surface area contributed by atoms with Gasteiger partial charge in [-0.15, -0.1) is 45.3 Å². The van der Waals surface area contributed by atoms with Crippen LogP contribution in [0.5, 0.6) is 0 Å². The molecule has 0 N–H and O–H groups in total. The largest absolute Gasteiger partial charge is 0.134 e. The summed E-state index contributed by atoms with van der Waals surface area (Å²) in [6.07, 6.45) is 0. The molecule has 4 aromatic heterocycles. The Morgan fingerprint density at radius 2 is 0.786 bits per heavy atom. The van der Waals surface area contributed by atoms with Crippen molar-refractivity contribution in [3.63, 3.8) is 0 Å². The molecule has 0 aliphatic rings. The van der Waals surface area contributed by atoms with Gasteiger partial charge in [0.25, 0.3) is 0 Å². The minimum atomic E-state index is 1.34. The number of hydrogen-bond donors (Lipinski definition) is 0. The van der Waals surface area contributed by atoms with Crippen molar-refractivity contribution in [2.45, 2.75) is 13.8 Å². The first-order valence-electron chi connectivity index (χ1n) is 9.26. The predicted molar refractivity (Wildman–Crippen MR) is 132 cm³/mol. The first-order chi connectivity index (χ1) is 13.7. The van der Waals surface area contributed by atoms with E-state index in [0.29, 0.717) is 0 Å². The van der Waals surface area contributed by atoms with E-state index in [-0.39, 0.29) is 0 Å². The van der Waals surface area contributed by atoms with E-state index in [1.807, 2.05) is 45.3 Å². The minimum Gasteiger partial charge on any atom is -0.134 e. The summed E-state index contributed by atoms with van der Waals surface area (Å²) >= 11 is 7.82. The van der Waals surface area contributed by atoms with Gasteiger partial charge in [-0.05, 0) is 50.2 Å². The summed E-state index contributed by atoms with van der Waals surface area (Å²) in [7, 11) is 0. The van der Waals surface area contributed by atoms with E-state index in [2.05, 4.69) is 62.4 Å². The highest BCUT2D eigenvalue weighted by Gasteiger charge is 2.17. The van der Waals surface area contributed by atoms with Gasteiger partial charge in [-0.2, -0.15) is 0 Å². The first-order valence-corrected chi connectivity index (χ1v) is 12.5. The van der Waals surface area contributed by atoms with E-state index in [9.17, 15) is 0 Å². The topological polar surface area (TPSA) is 0 Å². The molecule has 0 atom stereocenters. The van der Waals surface area contributed by atoms with Crippen molar-refractivity contribution < 1.29 is 0 Å².